The van der Waals surface area contributed by atoms with Crippen LogP contribution in [0.5, 0.6) is 0 Å². The van der Waals surface area contributed by atoms with Gasteiger partial charge in [-0.3, -0.25) is 4.79 Å². The SMILES string of the molecule is NS(=O)(=O)CCNC(=O)NC1CCCCC1C(=O)O. The van der Waals surface area contributed by atoms with Crippen LogP contribution >= 0.6 is 0 Å². The quantitative estimate of drug-likeness (QED) is 0.526. The van der Waals surface area contributed by atoms with Gasteiger partial charge in [-0.1, -0.05) is 12.8 Å². The van der Waals surface area contributed by atoms with Crippen LogP contribution in [0.25, 0.3) is 0 Å². The molecule has 2 unspecified atom stereocenters. The van der Waals surface area contributed by atoms with E-state index in [2.05, 4.69) is 10.6 Å². The molecule has 0 radical (unpaired) electrons. The number of carbonyl (C=O) groups excluding carboxylic acids is 1. The summed E-state index contributed by atoms with van der Waals surface area (Å²) in [6.45, 7) is -0.102. The van der Waals surface area contributed by atoms with Crippen molar-refractivity contribution in [2.24, 2.45) is 11.1 Å². The van der Waals surface area contributed by atoms with E-state index in [1.165, 1.54) is 0 Å². The monoisotopic (exact) mass is 293 g/mol. The van der Waals surface area contributed by atoms with Crippen LogP contribution in [0.4, 0.5) is 4.79 Å². The number of primary sulfonamides is 1. The summed E-state index contributed by atoms with van der Waals surface area (Å²) in [7, 11) is -3.61. The fourth-order valence-corrected chi connectivity index (χ4v) is 2.51. The van der Waals surface area contributed by atoms with Crippen LogP contribution in [-0.4, -0.2) is 43.9 Å². The summed E-state index contributed by atoms with van der Waals surface area (Å²) in [6, 6.07) is -0.984. The second kappa shape index (κ2) is 6.71. The highest BCUT2D eigenvalue weighted by molar-refractivity contribution is 7.89. The fourth-order valence-electron chi connectivity index (χ4n) is 2.13. The number of urea groups is 1. The molecule has 2 amide bonds. The number of carbonyl (C=O) groups is 2. The molecule has 1 fully saturated rings. The van der Waals surface area contributed by atoms with E-state index in [-0.39, 0.29) is 12.3 Å². The zero-order valence-corrected chi connectivity index (χ0v) is 11.3. The highest BCUT2D eigenvalue weighted by Gasteiger charge is 2.31. The van der Waals surface area contributed by atoms with Crippen molar-refractivity contribution < 1.29 is 23.1 Å². The van der Waals surface area contributed by atoms with Crippen molar-refractivity contribution in [3.63, 3.8) is 0 Å². The Morgan fingerprint density at radius 1 is 1.26 bits per heavy atom. The topological polar surface area (TPSA) is 139 Å². The van der Waals surface area contributed by atoms with Crippen molar-refractivity contribution in [1.29, 1.82) is 0 Å². The normalized spacial score (nSPS) is 23.6. The number of sulfonamides is 1. The second-order valence-corrected chi connectivity index (χ2v) is 6.34. The van der Waals surface area contributed by atoms with Crippen molar-refractivity contribution in [2.45, 2.75) is 31.7 Å². The molecule has 5 N–H and O–H groups in total. The number of aliphatic carboxylic acids is 1. The number of nitrogens with two attached hydrogens (primary N) is 1. The first-order chi connectivity index (χ1) is 8.79. The lowest BCUT2D eigenvalue weighted by Gasteiger charge is -2.29. The third kappa shape index (κ3) is 5.88. The number of amides is 2. The predicted molar refractivity (Wildman–Crippen MR) is 67.9 cm³/mol. The molecule has 19 heavy (non-hydrogen) atoms. The first-order valence-electron chi connectivity index (χ1n) is 6.07. The Balaban J connectivity index is 2.40. The fraction of sp³-hybridized carbons (Fsp3) is 0.800. The van der Waals surface area contributed by atoms with Gasteiger partial charge < -0.3 is 15.7 Å². The highest BCUT2D eigenvalue weighted by atomic mass is 32.2. The molecule has 1 saturated carbocycles. The number of carboxylic acid groups (broad SMARTS) is 1. The van der Waals surface area contributed by atoms with E-state index >= 15 is 0 Å². The average Bonchev–Trinajstić information content (AvgIpc) is 2.27. The van der Waals surface area contributed by atoms with E-state index in [4.69, 9.17) is 10.2 Å². The van der Waals surface area contributed by atoms with Gasteiger partial charge in [0, 0.05) is 12.6 Å². The third-order valence-corrected chi connectivity index (χ3v) is 3.84. The van der Waals surface area contributed by atoms with Crippen molar-refractivity contribution in [2.75, 3.05) is 12.3 Å². The first-order valence-corrected chi connectivity index (χ1v) is 7.79. The Labute approximate surface area is 111 Å². The van der Waals surface area contributed by atoms with Gasteiger partial charge in [-0.15, -0.1) is 0 Å². The van der Waals surface area contributed by atoms with Crippen LogP contribution < -0.4 is 15.8 Å². The Kier molecular flexibility index (Phi) is 5.55. The van der Waals surface area contributed by atoms with Crippen molar-refractivity contribution in [1.82, 2.24) is 10.6 Å². The zero-order valence-electron chi connectivity index (χ0n) is 10.5. The van der Waals surface area contributed by atoms with Crippen LogP contribution in [0.2, 0.25) is 0 Å². The van der Waals surface area contributed by atoms with Crippen molar-refractivity contribution in [3.8, 4) is 0 Å². The molecule has 0 aromatic carbocycles. The standard InChI is InChI=1S/C10H19N3O5S/c11-19(17,18)6-5-12-10(16)13-8-4-2-1-3-7(8)9(14)15/h7-8H,1-6H2,(H,14,15)(H2,11,17,18)(H2,12,13,16). The Morgan fingerprint density at radius 3 is 2.47 bits per heavy atom. The number of rotatable bonds is 5. The Hall–Kier alpha value is -1.35. The molecule has 0 aromatic rings. The number of hydrogen-bond acceptors (Lipinski definition) is 4. The molecule has 2 atom stereocenters. The van der Waals surface area contributed by atoms with Crippen LogP contribution in [0, 0.1) is 5.92 Å². The maximum atomic E-state index is 11.5. The summed E-state index contributed by atoms with van der Waals surface area (Å²) in [6.07, 6.45) is 2.85. The summed E-state index contributed by atoms with van der Waals surface area (Å²) in [5.41, 5.74) is 0. The minimum atomic E-state index is -3.61. The van der Waals surface area contributed by atoms with Crippen LogP contribution in [0.1, 0.15) is 25.7 Å². The Bertz CT molecular complexity index is 436. The molecule has 0 spiro atoms. The molecular formula is C10H19N3O5S. The van der Waals surface area contributed by atoms with E-state index in [1.54, 1.807) is 0 Å². The van der Waals surface area contributed by atoms with Gasteiger partial charge in [0.1, 0.15) is 0 Å². The van der Waals surface area contributed by atoms with E-state index in [0.717, 1.165) is 12.8 Å². The molecule has 1 aliphatic rings. The molecule has 0 heterocycles. The van der Waals surface area contributed by atoms with Gasteiger partial charge in [-0.25, -0.2) is 18.4 Å². The minimum Gasteiger partial charge on any atom is -0.481 e. The van der Waals surface area contributed by atoms with Gasteiger partial charge in [0.2, 0.25) is 10.0 Å². The maximum absolute atomic E-state index is 11.5. The molecule has 9 heteroatoms. The summed E-state index contributed by atoms with van der Waals surface area (Å²) in [5, 5.41) is 18.7. The summed E-state index contributed by atoms with van der Waals surface area (Å²) in [5.74, 6) is -1.86. The van der Waals surface area contributed by atoms with Crippen LogP contribution in [0.3, 0.4) is 0 Å². The maximum Gasteiger partial charge on any atom is 0.315 e. The van der Waals surface area contributed by atoms with Crippen molar-refractivity contribution in [3.05, 3.63) is 0 Å². The van der Waals surface area contributed by atoms with Gasteiger partial charge in [0.15, 0.2) is 0 Å². The lowest BCUT2D eigenvalue weighted by Crippen LogP contribution is -2.49. The largest absolute Gasteiger partial charge is 0.481 e. The molecule has 0 aliphatic heterocycles. The number of nitrogens with one attached hydrogen (secondary N) is 2. The van der Waals surface area contributed by atoms with E-state index < -0.39 is 34.0 Å². The highest BCUT2D eigenvalue weighted by Crippen LogP contribution is 2.24. The summed E-state index contributed by atoms with van der Waals surface area (Å²) < 4.78 is 21.3. The molecule has 1 rings (SSSR count). The molecule has 0 aromatic heterocycles. The van der Waals surface area contributed by atoms with Crippen molar-refractivity contribution >= 4 is 22.0 Å². The van der Waals surface area contributed by atoms with E-state index in [1.807, 2.05) is 0 Å². The minimum absolute atomic E-state index is 0.102. The number of hydrogen-bond donors (Lipinski definition) is 4. The molecule has 0 saturated heterocycles. The van der Waals surface area contributed by atoms with Crippen LogP contribution in [-0.2, 0) is 14.8 Å². The molecule has 0 bridgehead atoms. The zero-order chi connectivity index (χ0) is 14.5. The third-order valence-electron chi connectivity index (χ3n) is 3.07. The van der Waals surface area contributed by atoms with Gasteiger partial charge >= 0.3 is 12.0 Å². The Morgan fingerprint density at radius 2 is 1.89 bits per heavy atom. The van der Waals surface area contributed by atoms with Gasteiger partial charge in [-0.2, -0.15) is 0 Å². The van der Waals surface area contributed by atoms with Gasteiger partial charge in [0.05, 0.1) is 11.7 Å². The predicted octanol–water partition coefficient (Wildman–Crippen LogP) is -0.782. The second-order valence-electron chi connectivity index (χ2n) is 4.60. The van der Waals surface area contributed by atoms with Gasteiger partial charge in [0.25, 0.3) is 0 Å². The van der Waals surface area contributed by atoms with E-state index in [9.17, 15) is 18.0 Å². The summed E-state index contributed by atoms with van der Waals surface area (Å²) in [4.78, 5) is 22.5. The van der Waals surface area contributed by atoms with E-state index in [0.29, 0.717) is 12.8 Å². The summed E-state index contributed by atoms with van der Waals surface area (Å²) >= 11 is 0. The molecule has 1 aliphatic carbocycles. The molecule has 8 nitrogen and oxygen atoms in total. The average molecular weight is 293 g/mol. The molecular weight excluding hydrogens is 274 g/mol. The van der Waals surface area contributed by atoms with Crippen LogP contribution in [0.15, 0.2) is 0 Å². The lowest BCUT2D eigenvalue weighted by atomic mass is 9.84. The first kappa shape index (κ1) is 15.7. The molecule has 110 valence electrons. The number of carboxylic acids is 1. The smallest absolute Gasteiger partial charge is 0.315 e. The van der Waals surface area contributed by atoms with Gasteiger partial charge in [-0.05, 0) is 12.8 Å². The lowest BCUT2D eigenvalue weighted by molar-refractivity contribution is -0.143.